The zero-order chi connectivity index (χ0) is 11.6. The number of amides is 1. The molecular weight excluding hydrogens is 214 g/mol. The van der Waals surface area contributed by atoms with Crippen LogP contribution >= 0.6 is 0 Å². The summed E-state index contributed by atoms with van der Waals surface area (Å²) in [5, 5.41) is 0. The fourth-order valence-electron chi connectivity index (χ4n) is 3.46. The summed E-state index contributed by atoms with van der Waals surface area (Å²) in [5.74, 6) is 0.562. The molecule has 2 saturated heterocycles. The van der Waals surface area contributed by atoms with E-state index in [0.29, 0.717) is 18.6 Å². The summed E-state index contributed by atoms with van der Waals surface area (Å²) in [4.78, 5) is 14.2. The molecule has 3 nitrogen and oxygen atoms in total. The van der Waals surface area contributed by atoms with E-state index in [1.807, 2.05) is 35.2 Å². The van der Waals surface area contributed by atoms with Crippen LogP contribution < -0.4 is 0 Å². The SMILES string of the molecule is C[C@]12C[C@H]1C(=O)N1[C@H]2CO[C@H]1c1ccccc1. The number of hydrogen-bond acceptors (Lipinski definition) is 2. The number of piperidine rings is 1. The molecule has 88 valence electrons. The van der Waals surface area contributed by atoms with Crippen molar-refractivity contribution in [3.05, 3.63) is 35.9 Å². The van der Waals surface area contributed by atoms with Crippen LogP contribution in [0.2, 0.25) is 0 Å². The Balaban J connectivity index is 1.71. The number of benzene rings is 1. The maximum atomic E-state index is 12.3. The summed E-state index contributed by atoms with van der Waals surface area (Å²) in [6, 6.07) is 10.3. The molecule has 2 aliphatic heterocycles. The van der Waals surface area contributed by atoms with Crippen LogP contribution in [-0.2, 0) is 9.53 Å². The molecule has 3 aliphatic rings. The van der Waals surface area contributed by atoms with E-state index >= 15 is 0 Å². The Morgan fingerprint density at radius 1 is 1.35 bits per heavy atom. The highest BCUT2D eigenvalue weighted by atomic mass is 16.5. The van der Waals surface area contributed by atoms with Gasteiger partial charge in [0.25, 0.3) is 0 Å². The van der Waals surface area contributed by atoms with Crippen LogP contribution in [0.1, 0.15) is 25.1 Å². The van der Waals surface area contributed by atoms with Crippen LogP contribution in [0.5, 0.6) is 0 Å². The van der Waals surface area contributed by atoms with Crippen molar-refractivity contribution >= 4 is 5.91 Å². The smallest absolute Gasteiger partial charge is 0.228 e. The second-order valence-corrected chi connectivity index (χ2v) is 5.62. The van der Waals surface area contributed by atoms with Crippen molar-refractivity contribution in [1.82, 2.24) is 4.90 Å². The highest BCUT2D eigenvalue weighted by molar-refractivity contribution is 5.87. The molecule has 1 aromatic carbocycles. The summed E-state index contributed by atoms with van der Waals surface area (Å²) in [6.45, 7) is 2.91. The molecule has 0 bridgehead atoms. The second kappa shape index (κ2) is 2.91. The zero-order valence-electron chi connectivity index (χ0n) is 9.80. The second-order valence-electron chi connectivity index (χ2n) is 5.62. The average Bonchev–Trinajstić information content (AvgIpc) is 2.79. The van der Waals surface area contributed by atoms with E-state index in [9.17, 15) is 4.79 Å². The summed E-state index contributed by atoms with van der Waals surface area (Å²) < 4.78 is 5.84. The lowest BCUT2D eigenvalue weighted by atomic mass is 10.0. The first kappa shape index (κ1) is 9.66. The fourth-order valence-corrected chi connectivity index (χ4v) is 3.46. The highest BCUT2D eigenvalue weighted by Gasteiger charge is 2.70. The third-order valence-corrected chi connectivity index (χ3v) is 4.68. The van der Waals surface area contributed by atoms with Crippen molar-refractivity contribution in [1.29, 1.82) is 0 Å². The maximum Gasteiger partial charge on any atom is 0.228 e. The van der Waals surface area contributed by atoms with Gasteiger partial charge in [-0.1, -0.05) is 37.3 Å². The summed E-state index contributed by atoms with van der Waals surface area (Å²) in [6.07, 6.45) is 0.899. The van der Waals surface area contributed by atoms with Crippen LogP contribution in [0.3, 0.4) is 0 Å². The molecule has 0 radical (unpaired) electrons. The number of rotatable bonds is 1. The molecule has 4 rings (SSSR count). The Kier molecular flexibility index (Phi) is 1.65. The normalized spacial score (nSPS) is 42.5. The average molecular weight is 229 g/mol. The van der Waals surface area contributed by atoms with Crippen molar-refractivity contribution < 1.29 is 9.53 Å². The van der Waals surface area contributed by atoms with Gasteiger partial charge in [-0.3, -0.25) is 4.79 Å². The number of ether oxygens (including phenoxy) is 1. The van der Waals surface area contributed by atoms with Gasteiger partial charge in [0, 0.05) is 16.9 Å². The molecule has 1 saturated carbocycles. The van der Waals surface area contributed by atoms with E-state index in [2.05, 4.69) is 6.92 Å². The van der Waals surface area contributed by atoms with Gasteiger partial charge in [-0.25, -0.2) is 0 Å². The monoisotopic (exact) mass is 229 g/mol. The van der Waals surface area contributed by atoms with Gasteiger partial charge in [0.1, 0.15) is 0 Å². The van der Waals surface area contributed by atoms with Gasteiger partial charge in [-0.05, 0) is 6.42 Å². The number of hydrogen-bond donors (Lipinski definition) is 0. The minimum Gasteiger partial charge on any atom is -0.352 e. The van der Waals surface area contributed by atoms with Gasteiger partial charge in [-0.15, -0.1) is 0 Å². The number of carbonyl (C=O) groups excluding carboxylic acids is 1. The molecular formula is C14H15NO2. The maximum absolute atomic E-state index is 12.3. The molecule has 1 amide bonds. The number of nitrogens with zero attached hydrogens (tertiary/aromatic N) is 1. The quantitative estimate of drug-likeness (QED) is 0.736. The van der Waals surface area contributed by atoms with Crippen molar-refractivity contribution in [2.45, 2.75) is 25.6 Å². The molecule has 3 fully saturated rings. The van der Waals surface area contributed by atoms with Gasteiger partial charge in [0.2, 0.25) is 5.91 Å². The number of carbonyl (C=O) groups is 1. The van der Waals surface area contributed by atoms with E-state index in [-0.39, 0.29) is 17.6 Å². The molecule has 17 heavy (non-hydrogen) atoms. The molecule has 3 heteroatoms. The lowest BCUT2D eigenvalue weighted by molar-refractivity contribution is -0.136. The van der Waals surface area contributed by atoms with E-state index in [1.165, 1.54) is 0 Å². The minimum absolute atomic E-state index is 0.154. The van der Waals surface area contributed by atoms with E-state index in [4.69, 9.17) is 4.74 Å². The lowest BCUT2D eigenvalue weighted by Gasteiger charge is -2.26. The van der Waals surface area contributed by atoms with Gasteiger partial charge < -0.3 is 9.64 Å². The Bertz CT molecular complexity index is 486. The summed E-state index contributed by atoms with van der Waals surface area (Å²) in [5.41, 5.74) is 1.29. The zero-order valence-corrected chi connectivity index (χ0v) is 9.80. The Morgan fingerprint density at radius 3 is 2.88 bits per heavy atom. The molecule has 0 N–H and O–H groups in total. The Labute approximate surface area is 100 Å². The summed E-state index contributed by atoms with van der Waals surface area (Å²) >= 11 is 0. The van der Waals surface area contributed by atoms with Gasteiger partial charge in [0.05, 0.1) is 12.6 Å². The molecule has 0 aromatic heterocycles. The van der Waals surface area contributed by atoms with Crippen LogP contribution in [0.15, 0.2) is 30.3 Å². The van der Waals surface area contributed by atoms with E-state index in [1.54, 1.807) is 0 Å². The van der Waals surface area contributed by atoms with Crippen LogP contribution in [0, 0.1) is 11.3 Å². The molecule has 1 aliphatic carbocycles. The molecule has 0 spiro atoms. The third kappa shape index (κ3) is 1.08. The largest absolute Gasteiger partial charge is 0.352 e. The standard InChI is InChI=1S/C14H15NO2/c1-14-7-10(14)12(16)15-11(14)8-17-13(15)9-5-3-2-4-6-9/h2-6,10-11,13H,7-8H2,1H3/t10-,11-,13-,14-/m0/s1. The first-order valence-corrected chi connectivity index (χ1v) is 6.20. The predicted octanol–water partition coefficient (Wildman–Crippen LogP) is 1.95. The Hall–Kier alpha value is -1.35. The molecule has 0 unspecified atom stereocenters. The fraction of sp³-hybridized carbons (Fsp3) is 0.500. The van der Waals surface area contributed by atoms with Crippen LogP contribution in [0.4, 0.5) is 0 Å². The topological polar surface area (TPSA) is 29.5 Å². The summed E-state index contributed by atoms with van der Waals surface area (Å²) in [7, 11) is 0. The minimum atomic E-state index is -0.154. The third-order valence-electron chi connectivity index (χ3n) is 4.68. The van der Waals surface area contributed by atoms with Crippen LogP contribution in [0.25, 0.3) is 0 Å². The van der Waals surface area contributed by atoms with Gasteiger partial charge >= 0.3 is 0 Å². The lowest BCUT2D eigenvalue weighted by Crippen LogP contribution is -2.36. The van der Waals surface area contributed by atoms with Crippen molar-refractivity contribution in [3.8, 4) is 0 Å². The molecule has 1 aromatic rings. The van der Waals surface area contributed by atoms with Gasteiger partial charge in [0.15, 0.2) is 6.23 Å². The molecule has 4 atom stereocenters. The predicted molar refractivity (Wildman–Crippen MR) is 62.0 cm³/mol. The Morgan fingerprint density at radius 2 is 2.12 bits per heavy atom. The van der Waals surface area contributed by atoms with Gasteiger partial charge in [-0.2, -0.15) is 0 Å². The van der Waals surface area contributed by atoms with Crippen LogP contribution in [-0.4, -0.2) is 23.5 Å². The first-order valence-electron chi connectivity index (χ1n) is 6.20. The van der Waals surface area contributed by atoms with E-state index < -0.39 is 0 Å². The van der Waals surface area contributed by atoms with Crippen molar-refractivity contribution in [3.63, 3.8) is 0 Å². The molecule has 2 heterocycles. The van der Waals surface area contributed by atoms with E-state index in [0.717, 1.165) is 12.0 Å². The highest BCUT2D eigenvalue weighted by Crippen LogP contribution is 2.65. The number of fused-ring (bicyclic) bond motifs is 3. The van der Waals surface area contributed by atoms with Crippen molar-refractivity contribution in [2.24, 2.45) is 11.3 Å². The van der Waals surface area contributed by atoms with Crippen molar-refractivity contribution in [2.75, 3.05) is 6.61 Å². The first-order chi connectivity index (χ1) is 8.22.